The van der Waals surface area contributed by atoms with Crippen molar-refractivity contribution in [1.82, 2.24) is 4.90 Å². The van der Waals surface area contributed by atoms with Crippen molar-refractivity contribution in [3.8, 4) is 5.75 Å². The van der Waals surface area contributed by atoms with Gasteiger partial charge in [-0.15, -0.1) is 0 Å². The van der Waals surface area contributed by atoms with Crippen LogP contribution in [0.1, 0.15) is 51.5 Å². The highest BCUT2D eigenvalue weighted by molar-refractivity contribution is 5.78. The maximum Gasteiger partial charge on any atom is 0.260 e. The fourth-order valence-corrected chi connectivity index (χ4v) is 3.10. The maximum atomic E-state index is 12.4. The van der Waals surface area contributed by atoms with E-state index in [2.05, 4.69) is 19.9 Å². The van der Waals surface area contributed by atoms with E-state index in [1.54, 1.807) is 6.92 Å². The Kier molecular flexibility index (Phi) is 6.46. The molecule has 0 bridgehead atoms. The molecule has 1 saturated heterocycles. The van der Waals surface area contributed by atoms with E-state index in [9.17, 15) is 9.90 Å². The van der Waals surface area contributed by atoms with Crippen molar-refractivity contribution in [2.24, 2.45) is 5.92 Å². The molecule has 2 rings (SSSR count). The molecule has 1 fully saturated rings. The minimum atomic E-state index is -0.363. The normalized spacial score (nSPS) is 20.9. The minimum absolute atomic E-state index is 0.00862. The summed E-state index contributed by atoms with van der Waals surface area (Å²) in [4.78, 5) is 14.2. The van der Waals surface area contributed by atoms with Crippen molar-refractivity contribution in [2.75, 3.05) is 19.7 Å². The molecule has 4 nitrogen and oxygen atoms in total. The molecule has 3 unspecified atom stereocenters. The standard InChI is InChI=1S/C19H29NO3/c1-4-14(2)17-9-5-6-10-18(17)23-13-19(22)20-11-7-8-16(12-20)15(3)21/h5-6,9-10,14-16,21H,4,7-8,11-13H2,1-3H3. The number of benzene rings is 1. The first kappa shape index (κ1) is 17.8. The van der Waals surface area contributed by atoms with E-state index >= 15 is 0 Å². The number of carbonyl (C=O) groups excluding carboxylic acids is 1. The number of nitrogens with zero attached hydrogens (tertiary/aromatic N) is 1. The van der Waals surface area contributed by atoms with E-state index in [1.807, 2.05) is 23.1 Å². The second-order valence-corrected chi connectivity index (χ2v) is 6.62. The molecule has 3 atom stereocenters. The van der Waals surface area contributed by atoms with Crippen molar-refractivity contribution in [3.05, 3.63) is 29.8 Å². The summed E-state index contributed by atoms with van der Waals surface area (Å²) in [6.45, 7) is 7.58. The van der Waals surface area contributed by atoms with Gasteiger partial charge in [0.05, 0.1) is 6.10 Å². The van der Waals surface area contributed by atoms with Gasteiger partial charge in [-0.1, -0.05) is 32.0 Å². The lowest BCUT2D eigenvalue weighted by Crippen LogP contribution is -2.44. The van der Waals surface area contributed by atoms with Crippen LogP contribution in [0, 0.1) is 5.92 Å². The van der Waals surface area contributed by atoms with Crippen LogP contribution in [0.15, 0.2) is 24.3 Å². The Labute approximate surface area is 139 Å². The molecule has 0 radical (unpaired) electrons. The second kappa shape index (κ2) is 8.34. The first-order valence-corrected chi connectivity index (χ1v) is 8.70. The quantitative estimate of drug-likeness (QED) is 0.876. The van der Waals surface area contributed by atoms with Crippen molar-refractivity contribution in [1.29, 1.82) is 0 Å². The molecular formula is C19H29NO3. The Morgan fingerprint density at radius 1 is 1.39 bits per heavy atom. The Hall–Kier alpha value is -1.55. The summed E-state index contributed by atoms with van der Waals surface area (Å²) in [5.74, 6) is 1.41. The monoisotopic (exact) mass is 319 g/mol. The molecule has 0 aliphatic carbocycles. The number of aliphatic hydroxyl groups is 1. The Bertz CT molecular complexity index is 515. The van der Waals surface area contributed by atoms with Gasteiger partial charge in [0.2, 0.25) is 0 Å². The fourth-order valence-electron chi connectivity index (χ4n) is 3.10. The van der Waals surface area contributed by atoms with Gasteiger partial charge in [-0.3, -0.25) is 4.79 Å². The van der Waals surface area contributed by atoms with Crippen LogP contribution in [0.25, 0.3) is 0 Å². The van der Waals surface area contributed by atoms with Crippen LogP contribution in [-0.2, 0) is 4.79 Å². The smallest absolute Gasteiger partial charge is 0.260 e. The number of aliphatic hydroxyl groups excluding tert-OH is 1. The lowest BCUT2D eigenvalue weighted by Gasteiger charge is -2.34. The van der Waals surface area contributed by atoms with Gasteiger partial charge in [0.15, 0.2) is 6.61 Å². The summed E-state index contributed by atoms with van der Waals surface area (Å²) in [7, 11) is 0. The van der Waals surface area contributed by atoms with E-state index in [4.69, 9.17) is 4.74 Å². The lowest BCUT2D eigenvalue weighted by molar-refractivity contribution is -0.136. The van der Waals surface area contributed by atoms with Crippen LogP contribution in [0.3, 0.4) is 0 Å². The molecule has 1 aliphatic rings. The predicted molar refractivity (Wildman–Crippen MR) is 91.6 cm³/mol. The highest BCUT2D eigenvalue weighted by atomic mass is 16.5. The van der Waals surface area contributed by atoms with E-state index in [-0.39, 0.29) is 24.5 Å². The van der Waals surface area contributed by atoms with Gasteiger partial charge < -0.3 is 14.7 Å². The summed E-state index contributed by atoms with van der Waals surface area (Å²) in [5, 5.41) is 9.74. The molecular weight excluding hydrogens is 290 g/mol. The topological polar surface area (TPSA) is 49.8 Å². The Morgan fingerprint density at radius 3 is 2.83 bits per heavy atom. The van der Waals surface area contributed by atoms with Gasteiger partial charge in [-0.25, -0.2) is 0 Å². The van der Waals surface area contributed by atoms with Crippen LogP contribution >= 0.6 is 0 Å². The van der Waals surface area contributed by atoms with Crippen LogP contribution in [0.5, 0.6) is 5.75 Å². The average molecular weight is 319 g/mol. The van der Waals surface area contributed by atoms with Gasteiger partial charge in [0.25, 0.3) is 5.91 Å². The first-order chi connectivity index (χ1) is 11.0. The van der Waals surface area contributed by atoms with Crippen molar-refractivity contribution < 1.29 is 14.6 Å². The Balaban J connectivity index is 1.94. The molecule has 1 N–H and O–H groups in total. The molecule has 1 aliphatic heterocycles. The van der Waals surface area contributed by atoms with Crippen LogP contribution in [0.4, 0.5) is 0 Å². The number of carbonyl (C=O) groups is 1. The van der Waals surface area contributed by atoms with Crippen LogP contribution in [-0.4, -0.2) is 41.7 Å². The average Bonchev–Trinajstić information content (AvgIpc) is 2.59. The van der Waals surface area contributed by atoms with Crippen molar-refractivity contribution in [2.45, 2.75) is 52.1 Å². The number of rotatable bonds is 6. The van der Waals surface area contributed by atoms with Gasteiger partial charge in [-0.05, 0) is 43.7 Å². The van der Waals surface area contributed by atoms with E-state index in [1.165, 1.54) is 0 Å². The molecule has 1 heterocycles. The van der Waals surface area contributed by atoms with Crippen molar-refractivity contribution in [3.63, 3.8) is 0 Å². The predicted octanol–water partition coefficient (Wildman–Crippen LogP) is 3.20. The number of ether oxygens (including phenoxy) is 1. The zero-order valence-electron chi connectivity index (χ0n) is 14.5. The molecule has 4 heteroatoms. The van der Waals surface area contributed by atoms with E-state index in [0.29, 0.717) is 12.5 Å². The molecule has 23 heavy (non-hydrogen) atoms. The number of hydrogen-bond donors (Lipinski definition) is 1. The summed E-state index contributed by atoms with van der Waals surface area (Å²) >= 11 is 0. The number of hydrogen-bond acceptors (Lipinski definition) is 3. The highest BCUT2D eigenvalue weighted by Crippen LogP contribution is 2.28. The zero-order valence-corrected chi connectivity index (χ0v) is 14.5. The highest BCUT2D eigenvalue weighted by Gasteiger charge is 2.26. The first-order valence-electron chi connectivity index (χ1n) is 8.70. The Morgan fingerprint density at radius 2 is 2.13 bits per heavy atom. The van der Waals surface area contributed by atoms with Gasteiger partial charge in [0, 0.05) is 19.0 Å². The van der Waals surface area contributed by atoms with Gasteiger partial charge in [-0.2, -0.15) is 0 Å². The van der Waals surface area contributed by atoms with Gasteiger partial charge >= 0.3 is 0 Å². The summed E-state index contributed by atoms with van der Waals surface area (Å²) in [5.41, 5.74) is 1.16. The minimum Gasteiger partial charge on any atom is -0.483 e. The van der Waals surface area contributed by atoms with Crippen LogP contribution < -0.4 is 4.74 Å². The zero-order chi connectivity index (χ0) is 16.8. The molecule has 0 aromatic heterocycles. The van der Waals surface area contributed by atoms with Crippen molar-refractivity contribution >= 4 is 5.91 Å². The third kappa shape index (κ3) is 4.71. The summed E-state index contributed by atoms with van der Waals surface area (Å²) in [6, 6.07) is 7.95. The molecule has 1 amide bonds. The number of para-hydroxylation sites is 1. The third-order valence-corrected chi connectivity index (χ3v) is 4.91. The number of amides is 1. The third-order valence-electron chi connectivity index (χ3n) is 4.91. The van der Waals surface area contributed by atoms with Crippen LogP contribution in [0.2, 0.25) is 0 Å². The summed E-state index contributed by atoms with van der Waals surface area (Å²) in [6.07, 6.45) is 2.61. The SMILES string of the molecule is CCC(C)c1ccccc1OCC(=O)N1CCCC(C(C)O)C1. The summed E-state index contributed by atoms with van der Waals surface area (Å²) < 4.78 is 5.82. The van der Waals surface area contributed by atoms with E-state index < -0.39 is 0 Å². The fraction of sp³-hybridized carbons (Fsp3) is 0.632. The molecule has 1 aromatic rings. The largest absolute Gasteiger partial charge is 0.483 e. The molecule has 128 valence electrons. The maximum absolute atomic E-state index is 12.4. The second-order valence-electron chi connectivity index (χ2n) is 6.62. The lowest BCUT2D eigenvalue weighted by atomic mass is 9.93. The number of likely N-dealkylation sites (tertiary alicyclic amines) is 1. The van der Waals surface area contributed by atoms with Gasteiger partial charge in [0.1, 0.15) is 5.75 Å². The molecule has 0 spiro atoms. The van der Waals surface area contributed by atoms with E-state index in [0.717, 1.165) is 37.1 Å². The molecule has 1 aromatic carbocycles. The molecule has 0 saturated carbocycles. The number of piperidine rings is 1.